The van der Waals surface area contributed by atoms with Crippen molar-refractivity contribution in [1.82, 2.24) is 0 Å². The van der Waals surface area contributed by atoms with Gasteiger partial charge >= 0.3 is 5.95 Å². The fourth-order valence-electron chi connectivity index (χ4n) is 3.93. The molecule has 0 aromatic carbocycles. The zero-order valence-electron chi connectivity index (χ0n) is 23.6. The summed E-state index contributed by atoms with van der Waals surface area (Å²) in [5.41, 5.74) is 0. The van der Waals surface area contributed by atoms with Crippen LogP contribution in [0.4, 0.5) is 0 Å². The molecule has 0 heterocycles. The highest BCUT2D eigenvalue weighted by Gasteiger charge is 2.12. The van der Waals surface area contributed by atoms with Gasteiger partial charge in [-0.3, -0.25) is 0 Å². The van der Waals surface area contributed by atoms with E-state index in [2.05, 4.69) is 27.7 Å². The van der Waals surface area contributed by atoms with Gasteiger partial charge in [0.2, 0.25) is 0 Å². The van der Waals surface area contributed by atoms with Crippen molar-refractivity contribution >= 4 is 0 Å². The van der Waals surface area contributed by atoms with Gasteiger partial charge in [0.1, 0.15) is 0 Å². The number of rotatable bonds is 28. The molecule has 0 aromatic heterocycles. The van der Waals surface area contributed by atoms with E-state index in [1.54, 1.807) is 0 Å². The maximum absolute atomic E-state index is 6.14. The van der Waals surface area contributed by atoms with Crippen molar-refractivity contribution in [3.8, 4) is 0 Å². The predicted molar refractivity (Wildman–Crippen MR) is 146 cm³/mol. The molecule has 4 heteroatoms. The fourth-order valence-corrected chi connectivity index (χ4v) is 3.93. The summed E-state index contributed by atoms with van der Waals surface area (Å²) in [6, 6.07) is 0. The lowest BCUT2D eigenvalue weighted by Crippen LogP contribution is -2.10. The van der Waals surface area contributed by atoms with Crippen LogP contribution in [0, 0.1) is 0 Å². The van der Waals surface area contributed by atoms with Crippen molar-refractivity contribution in [1.29, 1.82) is 0 Å². The van der Waals surface area contributed by atoms with Gasteiger partial charge in [0.05, 0.1) is 19.8 Å². The summed E-state index contributed by atoms with van der Waals surface area (Å²) in [4.78, 5) is 0. The summed E-state index contributed by atoms with van der Waals surface area (Å²) in [5, 5.41) is 0. The van der Waals surface area contributed by atoms with E-state index >= 15 is 0 Å². The lowest BCUT2D eigenvalue weighted by molar-refractivity contribution is -0.0845. The Balaban J connectivity index is 4.38. The Morgan fingerprint density at radius 1 is 0.412 bits per heavy atom. The highest BCUT2D eigenvalue weighted by Crippen LogP contribution is 2.18. The first-order valence-electron chi connectivity index (χ1n) is 15.0. The van der Waals surface area contributed by atoms with Crippen molar-refractivity contribution in [2.45, 2.75) is 156 Å². The quantitative estimate of drug-likeness (QED) is 0.0628. The molecule has 0 bridgehead atoms. The highest BCUT2D eigenvalue weighted by molar-refractivity contribution is 4.95. The number of unbranched alkanes of at least 4 members (excludes halogenated alkanes) is 15. The van der Waals surface area contributed by atoms with Crippen LogP contribution in [-0.2, 0) is 18.9 Å². The SMILES string of the molecule is CCCCCCCCCCOCOC(OCCCCCCC)=C(CCC)OCCCCCCC. The third-order valence-corrected chi connectivity index (χ3v) is 6.13. The zero-order chi connectivity index (χ0) is 25.0. The fraction of sp³-hybridized carbons (Fsp3) is 0.933. The normalized spacial score (nSPS) is 12.0. The molecule has 0 aliphatic carbocycles. The Morgan fingerprint density at radius 2 is 0.853 bits per heavy atom. The summed E-state index contributed by atoms with van der Waals surface area (Å²) >= 11 is 0. The molecule has 0 amide bonds. The van der Waals surface area contributed by atoms with E-state index in [0.717, 1.165) is 51.1 Å². The molecule has 0 aliphatic rings. The van der Waals surface area contributed by atoms with Crippen molar-refractivity contribution < 1.29 is 18.9 Å². The van der Waals surface area contributed by atoms with E-state index in [1.165, 1.54) is 96.3 Å². The van der Waals surface area contributed by atoms with Gasteiger partial charge < -0.3 is 18.9 Å². The summed E-state index contributed by atoms with van der Waals surface area (Å²) in [7, 11) is 0. The molecule has 0 unspecified atom stereocenters. The van der Waals surface area contributed by atoms with Crippen LogP contribution in [0.15, 0.2) is 11.7 Å². The number of hydrogen-bond donors (Lipinski definition) is 0. The molecule has 0 N–H and O–H groups in total. The van der Waals surface area contributed by atoms with Gasteiger partial charge in [0.15, 0.2) is 12.6 Å². The van der Waals surface area contributed by atoms with Gasteiger partial charge in [-0.2, -0.15) is 0 Å². The molecule has 4 nitrogen and oxygen atoms in total. The molecule has 0 aromatic rings. The third kappa shape index (κ3) is 22.9. The third-order valence-electron chi connectivity index (χ3n) is 6.13. The summed E-state index contributed by atoms with van der Waals surface area (Å²) in [5.74, 6) is 1.42. The Hall–Kier alpha value is -0.900. The average molecular weight is 485 g/mol. The van der Waals surface area contributed by atoms with E-state index in [4.69, 9.17) is 18.9 Å². The first-order valence-corrected chi connectivity index (χ1v) is 15.0. The molecule has 0 aliphatic heterocycles. The van der Waals surface area contributed by atoms with E-state index in [1.807, 2.05) is 0 Å². The average Bonchev–Trinajstić information content (AvgIpc) is 2.84. The van der Waals surface area contributed by atoms with Crippen LogP contribution in [0.5, 0.6) is 0 Å². The first kappa shape index (κ1) is 33.1. The summed E-state index contributed by atoms with van der Waals surface area (Å²) < 4.78 is 24.0. The summed E-state index contributed by atoms with van der Waals surface area (Å²) in [6.45, 7) is 11.4. The van der Waals surface area contributed by atoms with Crippen LogP contribution in [0.2, 0.25) is 0 Å². The number of allylic oxidation sites excluding steroid dienone is 1. The second-order valence-corrected chi connectivity index (χ2v) is 9.63. The Kier molecular flexibility index (Phi) is 27.6. The van der Waals surface area contributed by atoms with Crippen molar-refractivity contribution in [3.05, 3.63) is 11.7 Å². The minimum Gasteiger partial charge on any atom is -0.491 e. The monoisotopic (exact) mass is 484 g/mol. The smallest absolute Gasteiger partial charge is 0.321 e. The molecule has 34 heavy (non-hydrogen) atoms. The van der Waals surface area contributed by atoms with Crippen LogP contribution >= 0.6 is 0 Å². The maximum atomic E-state index is 6.14. The lowest BCUT2D eigenvalue weighted by atomic mass is 10.1. The first-order chi connectivity index (χ1) is 16.8. The standard InChI is InChI=1S/C30H60O4/c1-5-9-12-15-16-17-20-21-25-31-28-34-30(33-27-23-19-14-11-7-3)29(24-8-4)32-26-22-18-13-10-6-2/h5-28H2,1-4H3. The van der Waals surface area contributed by atoms with Gasteiger partial charge in [-0.15, -0.1) is 0 Å². The summed E-state index contributed by atoms with van der Waals surface area (Å²) in [6.07, 6.45) is 24.6. The molecular formula is C30H60O4. The minimum atomic E-state index is 0.245. The van der Waals surface area contributed by atoms with E-state index in [9.17, 15) is 0 Å². The van der Waals surface area contributed by atoms with Crippen LogP contribution in [0.3, 0.4) is 0 Å². The van der Waals surface area contributed by atoms with Crippen LogP contribution < -0.4 is 0 Å². The predicted octanol–water partition coefficient (Wildman–Crippen LogP) is 10.1. The Bertz CT molecular complexity index is 422. The van der Waals surface area contributed by atoms with Crippen molar-refractivity contribution in [2.24, 2.45) is 0 Å². The number of ether oxygens (including phenoxy) is 4. The Morgan fingerprint density at radius 3 is 1.35 bits per heavy atom. The van der Waals surface area contributed by atoms with Gasteiger partial charge in [-0.05, 0) is 25.7 Å². The second-order valence-electron chi connectivity index (χ2n) is 9.63. The molecule has 0 spiro atoms. The van der Waals surface area contributed by atoms with E-state index in [0.29, 0.717) is 12.6 Å². The molecule has 0 saturated carbocycles. The van der Waals surface area contributed by atoms with Gasteiger partial charge in [0.25, 0.3) is 0 Å². The second kappa shape index (κ2) is 28.3. The molecule has 0 radical (unpaired) electrons. The van der Waals surface area contributed by atoms with Crippen molar-refractivity contribution in [3.63, 3.8) is 0 Å². The van der Waals surface area contributed by atoms with Crippen molar-refractivity contribution in [2.75, 3.05) is 26.6 Å². The Labute approximate surface area is 213 Å². The molecule has 0 atom stereocenters. The lowest BCUT2D eigenvalue weighted by Gasteiger charge is -2.17. The molecule has 0 saturated heterocycles. The number of hydrogen-bond acceptors (Lipinski definition) is 4. The topological polar surface area (TPSA) is 36.9 Å². The molecule has 0 rings (SSSR count). The van der Waals surface area contributed by atoms with Gasteiger partial charge in [-0.25, -0.2) is 0 Å². The van der Waals surface area contributed by atoms with Crippen LogP contribution in [0.1, 0.15) is 156 Å². The molecule has 204 valence electrons. The zero-order valence-corrected chi connectivity index (χ0v) is 23.6. The molecule has 0 fully saturated rings. The van der Waals surface area contributed by atoms with Crippen LogP contribution in [0.25, 0.3) is 0 Å². The highest BCUT2D eigenvalue weighted by atomic mass is 16.7. The van der Waals surface area contributed by atoms with Gasteiger partial charge in [0, 0.05) is 6.42 Å². The molecular weight excluding hydrogens is 424 g/mol. The minimum absolute atomic E-state index is 0.245. The maximum Gasteiger partial charge on any atom is 0.321 e. The van der Waals surface area contributed by atoms with E-state index in [-0.39, 0.29) is 6.79 Å². The van der Waals surface area contributed by atoms with Crippen LogP contribution in [-0.4, -0.2) is 26.6 Å². The van der Waals surface area contributed by atoms with Gasteiger partial charge in [-0.1, -0.05) is 124 Å². The largest absolute Gasteiger partial charge is 0.491 e. The van der Waals surface area contributed by atoms with E-state index < -0.39 is 0 Å².